The van der Waals surface area contributed by atoms with E-state index in [1.165, 1.54) is 18.5 Å². The molecule has 0 saturated heterocycles. The van der Waals surface area contributed by atoms with Crippen molar-refractivity contribution in [3.8, 4) is 11.8 Å². The molecule has 0 aliphatic heterocycles. The Morgan fingerprint density at radius 2 is 1.86 bits per heavy atom. The zero-order chi connectivity index (χ0) is 15.1. The average Bonchev–Trinajstić information content (AvgIpc) is 2.49. The van der Waals surface area contributed by atoms with Gasteiger partial charge in [-0.1, -0.05) is 12.1 Å². The van der Waals surface area contributed by atoms with E-state index in [0.29, 0.717) is 17.7 Å². The first kappa shape index (κ1) is 14.7. The summed E-state index contributed by atoms with van der Waals surface area (Å²) < 4.78 is 5.47. The Hall–Kier alpha value is -2.73. The van der Waals surface area contributed by atoms with Crippen LogP contribution in [0.15, 0.2) is 42.7 Å². The zero-order valence-corrected chi connectivity index (χ0v) is 11.1. The maximum Gasteiger partial charge on any atom is 0.328 e. The third-order valence-electron chi connectivity index (χ3n) is 2.60. The quantitative estimate of drug-likeness (QED) is 0.788. The van der Waals surface area contributed by atoms with E-state index in [1.807, 2.05) is 12.1 Å². The standard InChI is InChI=1S/C15H14N2O4/c18-8-7-11-1-4-13(5-2-11)21-15-16-9-12(10-17-15)3-6-14(19)20/h1-6,9-10,18H,7-8H2,(H,19,20)/b6-3+. The van der Waals surface area contributed by atoms with Crippen molar-refractivity contribution in [2.45, 2.75) is 6.42 Å². The van der Waals surface area contributed by atoms with Crippen LogP contribution in [0.3, 0.4) is 0 Å². The molecule has 0 aliphatic carbocycles. The molecule has 1 heterocycles. The molecule has 108 valence electrons. The van der Waals surface area contributed by atoms with Gasteiger partial charge in [0.05, 0.1) is 0 Å². The fourth-order valence-corrected chi connectivity index (χ4v) is 1.59. The number of hydrogen-bond donors (Lipinski definition) is 2. The fraction of sp³-hybridized carbons (Fsp3) is 0.133. The van der Waals surface area contributed by atoms with Crippen LogP contribution in [0, 0.1) is 0 Å². The molecule has 0 spiro atoms. The first-order valence-electron chi connectivity index (χ1n) is 6.28. The van der Waals surface area contributed by atoms with Crippen LogP contribution in [0.5, 0.6) is 11.8 Å². The van der Waals surface area contributed by atoms with Gasteiger partial charge in [0.25, 0.3) is 0 Å². The summed E-state index contributed by atoms with van der Waals surface area (Å²) in [4.78, 5) is 18.4. The lowest BCUT2D eigenvalue weighted by Crippen LogP contribution is -1.94. The van der Waals surface area contributed by atoms with Gasteiger partial charge < -0.3 is 14.9 Å². The highest BCUT2D eigenvalue weighted by Gasteiger charge is 2.01. The minimum Gasteiger partial charge on any atom is -0.478 e. The highest BCUT2D eigenvalue weighted by molar-refractivity contribution is 5.85. The van der Waals surface area contributed by atoms with Crippen LogP contribution >= 0.6 is 0 Å². The number of hydrogen-bond acceptors (Lipinski definition) is 5. The van der Waals surface area contributed by atoms with Gasteiger partial charge in [-0.2, -0.15) is 0 Å². The minimum atomic E-state index is -1.03. The van der Waals surface area contributed by atoms with Crippen LogP contribution in [0.4, 0.5) is 0 Å². The maximum absolute atomic E-state index is 10.4. The zero-order valence-electron chi connectivity index (χ0n) is 11.1. The molecule has 0 radical (unpaired) electrons. The third kappa shape index (κ3) is 4.70. The first-order chi connectivity index (χ1) is 10.2. The molecular weight excluding hydrogens is 272 g/mol. The predicted octanol–water partition coefficient (Wildman–Crippen LogP) is 1.90. The van der Waals surface area contributed by atoms with Crippen molar-refractivity contribution in [1.82, 2.24) is 9.97 Å². The molecule has 6 heteroatoms. The number of ether oxygens (including phenoxy) is 1. The summed E-state index contributed by atoms with van der Waals surface area (Å²) in [6, 6.07) is 7.43. The summed E-state index contributed by atoms with van der Waals surface area (Å²) in [5.74, 6) is -0.441. The van der Waals surface area contributed by atoms with Gasteiger partial charge >= 0.3 is 12.0 Å². The van der Waals surface area contributed by atoms with Crippen LogP contribution in [-0.4, -0.2) is 32.8 Å². The lowest BCUT2D eigenvalue weighted by Gasteiger charge is -2.04. The Morgan fingerprint density at radius 3 is 2.43 bits per heavy atom. The van der Waals surface area contributed by atoms with Crippen molar-refractivity contribution in [3.63, 3.8) is 0 Å². The number of carbonyl (C=O) groups is 1. The molecule has 0 bridgehead atoms. The van der Waals surface area contributed by atoms with Gasteiger partial charge in [-0.15, -0.1) is 0 Å². The van der Waals surface area contributed by atoms with Crippen molar-refractivity contribution in [3.05, 3.63) is 53.9 Å². The highest BCUT2D eigenvalue weighted by atomic mass is 16.5. The Kier molecular flexibility index (Phi) is 5.00. The van der Waals surface area contributed by atoms with E-state index in [2.05, 4.69) is 9.97 Å². The van der Waals surface area contributed by atoms with Gasteiger partial charge in [0.1, 0.15) is 5.75 Å². The minimum absolute atomic E-state index is 0.106. The monoisotopic (exact) mass is 286 g/mol. The summed E-state index contributed by atoms with van der Waals surface area (Å²) >= 11 is 0. The smallest absolute Gasteiger partial charge is 0.328 e. The molecule has 2 N–H and O–H groups in total. The predicted molar refractivity (Wildman–Crippen MR) is 76.0 cm³/mol. The van der Waals surface area contributed by atoms with Gasteiger partial charge in [0.15, 0.2) is 0 Å². The second-order valence-electron chi connectivity index (χ2n) is 4.19. The number of aromatic nitrogens is 2. The molecule has 1 aromatic carbocycles. The Balaban J connectivity index is 2.01. The molecule has 21 heavy (non-hydrogen) atoms. The lowest BCUT2D eigenvalue weighted by molar-refractivity contribution is -0.131. The van der Waals surface area contributed by atoms with E-state index in [4.69, 9.17) is 14.9 Å². The average molecular weight is 286 g/mol. The third-order valence-corrected chi connectivity index (χ3v) is 2.60. The largest absolute Gasteiger partial charge is 0.478 e. The van der Waals surface area contributed by atoms with E-state index < -0.39 is 5.97 Å². The van der Waals surface area contributed by atoms with Crippen molar-refractivity contribution < 1.29 is 19.7 Å². The number of aliphatic carboxylic acids is 1. The van der Waals surface area contributed by atoms with E-state index in [-0.39, 0.29) is 12.6 Å². The summed E-state index contributed by atoms with van der Waals surface area (Å²) in [5, 5.41) is 17.4. The molecule has 2 aromatic rings. The Bertz CT molecular complexity index is 621. The van der Waals surface area contributed by atoms with Gasteiger partial charge in [-0.25, -0.2) is 14.8 Å². The molecule has 6 nitrogen and oxygen atoms in total. The lowest BCUT2D eigenvalue weighted by atomic mass is 10.1. The van der Waals surface area contributed by atoms with Crippen molar-refractivity contribution in [2.24, 2.45) is 0 Å². The normalized spacial score (nSPS) is 10.7. The van der Waals surface area contributed by atoms with E-state index in [0.717, 1.165) is 11.6 Å². The van der Waals surface area contributed by atoms with Crippen LogP contribution < -0.4 is 4.74 Å². The second-order valence-corrected chi connectivity index (χ2v) is 4.19. The first-order valence-corrected chi connectivity index (χ1v) is 6.28. The topological polar surface area (TPSA) is 92.5 Å². The molecule has 0 atom stereocenters. The van der Waals surface area contributed by atoms with E-state index in [1.54, 1.807) is 12.1 Å². The van der Waals surface area contributed by atoms with Crippen molar-refractivity contribution in [2.75, 3.05) is 6.61 Å². The Morgan fingerprint density at radius 1 is 1.19 bits per heavy atom. The summed E-state index contributed by atoms with van der Waals surface area (Å²) in [7, 11) is 0. The number of rotatable bonds is 6. The summed E-state index contributed by atoms with van der Waals surface area (Å²) in [6.07, 6.45) is 5.96. The molecule has 1 aromatic heterocycles. The second kappa shape index (κ2) is 7.16. The van der Waals surface area contributed by atoms with Gasteiger partial charge in [-0.3, -0.25) is 0 Å². The van der Waals surface area contributed by atoms with Crippen molar-refractivity contribution >= 4 is 12.0 Å². The highest BCUT2D eigenvalue weighted by Crippen LogP contribution is 2.18. The Labute approximate surface area is 121 Å². The SMILES string of the molecule is O=C(O)/C=C/c1cnc(Oc2ccc(CCO)cc2)nc1. The van der Waals surface area contributed by atoms with Gasteiger partial charge in [0.2, 0.25) is 0 Å². The molecule has 0 unspecified atom stereocenters. The molecule has 0 fully saturated rings. The number of carboxylic acids is 1. The number of nitrogens with zero attached hydrogens (tertiary/aromatic N) is 2. The number of benzene rings is 1. The fourth-order valence-electron chi connectivity index (χ4n) is 1.59. The van der Waals surface area contributed by atoms with Gasteiger partial charge in [0, 0.05) is 30.6 Å². The van der Waals surface area contributed by atoms with Crippen LogP contribution in [0.2, 0.25) is 0 Å². The molecule has 0 aliphatic rings. The summed E-state index contributed by atoms with van der Waals surface area (Å²) in [5.41, 5.74) is 1.59. The van der Waals surface area contributed by atoms with Crippen molar-refractivity contribution in [1.29, 1.82) is 0 Å². The van der Waals surface area contributed by atoms with Crippen LogP contribution in [-0.2, 0) is 11.2 Å². The van der Waals surface area contributed by atoms with E-state index in [9.17, 15) is 4.79 Å². The molecule has 2 rings (SSSR count). The molecular formula is C15H14N2O4. The number of carboxylic acid groups (broad SMARTS) is 1. The number of aliphatic hydroxyl groups excluding tert-OH is 1. The number of aliphatic hydroxyl groups is 1. The maximum atomic E-state index is 10.4. The van der Waals surface area contributed by atoms with Gasteiger partial charge in [-0.05, 0) is 30.2 Å². The summed E-state index contributed by atoms with van der Waals surface area (Å²) in [6.45, 7) is 0.106. The molecule has 0 amide bonds. The van der Waals surface area contributed by atoms with E-state index >= 15 is 0 Å². The van der Waals surface area contributed by atoms with Crippen LogP contribution in [0.25, 0.3) is 6.08 Å². The molecule has 0 saturated carbocycles. The van der Waals surface area contributed by atoms with Crippen LogP contribution in [0.1, 0.15) is 11.1 Å².